The van der Waals surface area contributed by atoms with Gasteiger partial charge in [-0.3, -0.25) is 4.79 Å². The van der Waals surface area contributed by atoms with Crippen LogP contribution in [0.15, 0.2) is 18.2 Å². The number of halogens is 2. The number of ether oxygens (including phenoxy) is 1. The number of carbonyl (C=O) groups excluding carboxylic acids is 2. The second-order valence-electron chi connectivity index (χ2n) is 5.70. The average molecular weight is 341 g/mol. The van der Waals surface area contributed by atoms with Gasteiger partial charge in [0.15, 0.2) is 0 Å². The van der Waals surface area contributed by atoms with E-state index in [0.29, 0.717) is 18.3 Å². The molecule has 1 aliphatic rings. The largest absolute Gasteiger partial charge is 0.491 e. The van der Waals surface area contributed by atoms with Crippen LogP contribution in [0.4, 0.5) is 19.3 Å². The van der Waals surface area contributed by atoms with Crippen LogP contribution in [-0.2, 0) is 4.79 Å². The van der Waals surface area contributed by atoms with Crippen LogP contribution < -0.4 is 20.7 Å². The van der Waals surface area contributed by atoms with Crippen LogP contribution in [0.3, 0.4) is 0 Å². The number of rotatable bonds is 8. The first-order valence-electron chi connectivity index (χ1n) is 7.83. The zero-order chi connectivity index (χ0) is 17.5. The normalized spacial score (nSPS) is 14.6. The maximum Gasteiger partial charge on any atom is 0.319 e. The molecule has 0 aliphatic heterocycles. The molecule has 1 aliphatic carbocycles. The lowest BCUT2D eigenvalue weighted by atomic mass is 10.2. The fourth-order valence-electron chi connectivity index (χ4n) is 1.96. The van der Waals surface area contributed by atoms with Gasteiger partial charge in [-0.05, 0) is 37.8 Å². The molecule has 0 spiro atoms. The van der Waals surface area contributed by atoms with E-state index >= 15 is 0 Å². The Labute approximate surface area is 138 Å². The molecule has 8 heteroatoms. The Balaban J connectivity index is 1.91. The Hall–Kier alpha value is -2.38. The number of benzene rings is 1. The van der Waals surface area contributed by atoms with Crippen molar-refractivity contribution in [3.05, 3.63) is 24.0 Å². The van der Waals surface area contributed by atoms with Gasteiger partial charge < -0.3 is 20.7 Å². The summed E-state index contributed by atoms with van der Waals surface area (Å²) in [6.45, 7) is 1.18. The number of urea groups is 1. The number of hydrogen-bond donors (Lipinski definition) is 3. The molecule has 0 unspecified atom stereocenters. The van der Waals surface area contributed by atoms with Crippen molar-refractivity contribution in [2.45, 2.75) is 25.8 Å². The molecule has 3 amide bonds. The van der Waals surface area contributed by atoms with Crippen LogP contribution in [-0.4, -0.2) is 37.8 Å². The van der Waals surface area contributed by atoms with Crippen molar-refractivity contribution in [1.82, 2.24) is 10.6 Å². The first-order chi connectivity index (χ1) is 11.5. The summed E-state index contributed by atoms with van der Waals surface area (Å²) in [7, 11) is 0. The number of nitrogens with one attached hydrogen (secondary N) is 3. The van der Waals surface area contributed by atoms with E-state index in [0.717, 1.165) is 18.9 Å². The third-order valence-electron chi connectivity index (χ3n) is 3.50. The van der Waals surface area contributed by atoms with Gasteiger partial charge in [0.05, 0.1) is 12.3 Å². The summed E-state index contributed by atoms with van der Waals surface area (Å²) in [5, 5.41) is 7.19. The van der Waals surface area contributed by atoms with Crippen LogP contribution >= 0.6 is 0 Å². The first kappa shape index (κ1) is 18.0. The van der Waals surface area contributed by atoms with Gasteiger partial charge in [0, 0.05) is 12.6 Å². The molecule has 1 fully saturated rings. The van der Waals surface area contributed by atoms with Crippen molar-refractivity contribution in [2.24, 2.45) is 5.92 Å². The molecule has 1 aromatic carbocycles. The van der Waals surface area contributed by atoms with Crippen LogP contribution in [0.25, 0.3) is 0 Å². The molecule has 0 bridgehead atoms. The zero-order valence-electron chi connectivity index (χ0n) is 13.4. The SMILES string of the molecule is C[C@@H](NC(=O)Nc1cc(F)ccc1OCC1CC1)C(=O)NCCF. The number of carbonyl (C=O) groups is 2. The van der Waals surface area contributed by atoms with E-state index in [2.05, 4.69) is 16.0 Å². The Bertz CT molecular complexity index is 594. The maximum absolute atomic E-state index is 13.4. The van der Waals surface area contributed by atoms with E-state index in [1.807, 2.05) is 0 Å². The van der Waals surface area contributed by atoms with E-state index in [1.54, 1.807) is 0 Å². The third-order valence-corrected chi connectivity index (χ3v) is 3.50. The molecule has 3 N–H and O–H groups in total. The number of hydrogen-bond acceptors (Lipinski definition) is 3. The Morgan fingerprint density at radius 1 is 1.38 bits per heavy atom. The monoisotopic (exact) mass is 341 g/mol. The Morgan fingerprint density at radius 2 is 2.12 bits per heavy atom. The van der Waals surface area contributed by atoms with Crippen molar-refractivity contribution in [3.63, 3.8) is 0 Å². The van der Waals surface area contributed by atoms with Crippen molar-refractivity contribution in [2.75, 3.05) is 25.1 Å². The molecule has 132 valence electrons. The molecular weight excluding hydrogens is 320 g/mol. The molecule has 0 radical (unpaired) electrons. The van der Waals surface area contributed by atoms with Crippen LogP contribution in [0.2, 0.25) is 0 Å². The van der Waals surface area contributed by atoms with Gasteiger partial charge in [-0.2, -0.15) is 0 Å². The summed E-state index contributed by atoms with van der Waals surface area (Å²) in [5.74, 6) is -0.144. The van der Waals surface area contributed by atoms with Gasteiger partial charge in [-0.25, -0.2) is 13.6 Å². The molecule has 2 rings (SSSR count). The zero-order valence-corrected chi connectivity index (χ0v) is 13.4. The third kappa shape index (κ3) is 5.68. The van der Waals surface area contributed by atoms with Crippen molar-refractivity contribution >= 4 is 17.6 Å². The average Bonchev–Trinajstić information content (AvgIpc) is 3.35. The molecule has 6 nitrogen and oxygen atoms in total. The number of anilines is 1. The van der Waals surface area contributed by atoms with Gasteiger partial charge >= 0.3 is 6.03 Å². The lowest BCUT2D eigenvalue weighted by Gasteiger charge is -2.16. The molecule has 1 aromatic rings. The van der Waals surface area contributed by atoms with E-state index < -0.39 is 30.5 Å². The van der Waals surface area contributed by atoms with E-state index in [9.17, 15) is 18.4 Å². The molecular formula is C16H21F2N3O3. The molecule has 0 aromatic heterocycles. The van der Waals surface area contributed by atoms with Crippen molar-refractivity contribution in [3.8, 4) is 5.75 Å². The highest BCUT2D eigenvalue weighted by Gasteiger charge is 2.23. The van der Waals surface area contributed by atoms with Gasteiger partial charge in [-0.15, -0.1) is 0 Å². The van der Waals surface area contributed by atoms with Gasteiger partial charge in [0.25, 0.3) is 0 Å². The lowest BCUT2D eigenvalue weighted by molar-refractivity contribution is -0.122. The van der Waals surface area contributed by atoms with E-state index in [4.69, 9.17) is 4.74 Å². The summed E-state index contributed by atoms with van der Waals surface area (Å²) in [5.41, 5.74) is 0.185. The number of alkyl halides is 1. The first-order valence-corrected chi connectivity index (χ1v) is 7.83. The summed E-state index contributed by atoms with van der Waals surface area (Å²) < 4.78 is 31.0. The Morgan fingerprint density at radius 3 is 2.79 bits per heavy atom. The number of amides is 3. The fourth-order valence-corrected chi connectivity index (χ4v) is 1.96. The highest BCUT2D eigenvalue weighted by atomic mass is 19.1. The predicted octanol–water partition coefficient (Wildman–Crippen LogP) is 2.21. The van der Waals surface area contributed by atoms with E-state index in [-0.39, 0.29) is 12.2 Å². The van der Waals surface area contributed by atoms with Crippen LogP contribution in [0.5, 0.6) is 5.75 Å². The molecule has 1 saturated carbocycles. The van der Waals surface area contributed by atoms with Gasteiger partial charge in [0.2, 0.25) is 5.91 Å². The summed E-state index contributed by atoms with van der Waals surface area (Å²) in [4.78, 5) is 23.6. The van der Waals surface area contributed by atoms with Crippen LogP contribution in [0.1, 0.15) is 19.8 Å². The molecule has 24 heavy (non-hydrogen) atoms. The molecule has 0 saturated heterocycles. The highest BCUT2D eigenvalue weighted by Crippen LogP contribution is 2.32. The second-order valence-corrected chi connectivity index (χ2v) is 5.70. The van der Waals surface area contributed by atoms with Gasteiger partial charge in [0.1, 0.15) is 24.3 Å². The lowest BCUT2D eigenvalue weighted by Crippen LogP contribution is -2.46. The minimum Gasteiger partial charge on any atom is -0.491 e. The van der Waals surface area contributed by atoms with Crippen molar-refractivity contribution in [1.29, 1.82) is 0 Å². The summed E-state index contributed by atoms with van der Waals surface area (Å²) >= 11 is 0. The van der Waals surface area contributed by atoms with Gasteiger partial charge in [-0.1, -0.05) is 0 Å². The Kier molecular flexibility index (Phi) is 6.34. The fraction of sp³-hybridized carbons (Fsp3) is 0.500. The summed E-state index contributed by atoms with van der Waals surface area (Å²) in [6.07, 6.45) is 2.21. The maximum atomic E-state index is 13.4. The predicted molar refractivity (Wildman–Crippen MR) is 85.2 cm³/mol. The molecule has 0 heterocycles. The quantitative estimate of drug-likeness (QED) is 0.678. The second kappa shape index (κ2) is 8.47. The minimum atomic E-state index is -0.860. The summed E-state index contributed by atoms with van der Waals surface area (Å²) in [6, 6.07) is 2.30. The van der Waals surface area contributed by atoms with Crippen LogP contribution in [0, 0.1) is 11.7 Å². The minimum absolute atomic E-state index is 0.116. The molecule has 1 atom stereocenters. The topological polar surface area (TPSA) is 79.5 Å². The van der Waals surface area contributed by atoms with E-state index in [1.165, 1.54) is 19.1 Å². The highest BCUT2D eigenvalue weighted by molar-refractivity contribution is 5.94. The van der Waals surface area contributed by atoms with Crippen molar-refractivity contribution < 1.29 is 23.1 Å². The standard InChI is InChI=1S/C16H21F2N3O3/c1-10(15(22)19-7-6-17)20-16(23)21-13-8-12(18)4-5-14(13)24-9-11-2-3-11/h4-5,8,10-11H,2-3,6-7,9H2,1H3,(H,19,22)(H2,20,21,23)/t10-/m1/s1. The smallest absolute Gasteiger partial charge is 0.319 e.